The molecule has 6 atom stereocenters. The van der Waals surface area contributed by atoms with Gasteiger partial charge in [0, 0.05) is 33.6 Å². The molecule has 1 heterocycles. The monoisotopic (exact) mass is 921 g/mol. The third kappa shape index (κ3) is 31.7. The minimum Gasteiger partial charge on any atom is -0.462 e. The fraction of sp³-hybridized carbons (Fsp3) is 0.894. The van der Waals surface area contributed by atoms with E-state index in [9.17, 15) is 36.9 Å². The van der Waals surface area contributed by atoms with Crippen molar-refractivity contribution in [2.24, 2.45) is 0 Å². The molecule has 0 bridgehead atoms. The summed E-state index contributed by atoms with van der Waals surface area (Å²) in [5, 5.41) is 0. The van der Waals surface area contributed by atoms with Crippen LogP contribution in [0.1, 0.15) is 214 Å². The molecule has 16 heteroatoms. The summed E-state index contributed by atoms with van der Waals surface area (Å²) in [5.41, 5.74) is 0. The van der Waals surface area contributed by atoms with Crippen molar-refractivity contribution >= 4 is 40.0 Å². The van der Waals surface area contributed by atoms with E-state index in [-0.39, 0.29) is 19.4 Å². The van der Waals surface area contributed by atoms with Crippen molar-refractivity contribution in [2.75, 3.05) is 19.0 Å². The maximum atomic E-state index is 13.1. The molecule has 1 rings (SSSR count). The first-order valence-electron chi connectivity index (χ1n) is 24.3. The predicted octanol–water partition coefficient (Wildman–Crippen LogP) is 9.83. The highest BCUT2D eigenvalue weighted by Gasteiger charge is 2.53. The Morgan fingerprint density at radius 2 is 0.873 bits per heavy atom. The predicted molar refractivity (Wildman–Crippen MR) is 239 cm³/mol. The Bertz CT molecular complexity index is 1360. The largest absolute Gasteiger partial charge is 0.462 e. The Morgan fingerprint density at radius 3 is 1.27 bits per heavy atom. The molecule has 0 amide bonds. The minimum absolute atomic E-state index is 0.117. The number of unbranched alkanes of at least 4 members (excludes halogenated alkanes) is 24. The summed E-state index contributed by atoms with van der Waals surface area (Å²) in [6.07, 6.45) is 21.0. The van der Waals surface area contributed by atoms with E-state index in [1.54, 1.807) is 0 Å². The number of hydrogen-bond donors (Lipinski definition) is 1. The van der Waals surface area contributed by atoms with E-state index < -0.39 is 89.1 Å². The van der Waals surface area contributed by atoms with Gasteiger partial charge in [-0.05, 0) is 12.8 Å². The lowest BCUT2D eigenvalue weighted by Gasteiger charge is -2.44. The average molecular weight is 921 g/mol. The van der Waals surface area contributed by atoms with E-state index in [1.165, 1.54) is 109 Å². The Kier molecular flexibility index (Phi) is 33.6. The third-order valence-electron chi connectivity index (χ3n) is 11.0. The van der Waals surface area contributed by atoms with Gasteiger partial charge in [0.2, 0.25) is 0 Å². The second kappa shape index (κ2) is 36.4. The van der Waals surface area contributed by atoms with Gasteiger partial charge in [-0.1, -0.05) is 168 Å². The van der Waals surface area contributed by atoms with Crippen LogP contribution < -0.4 is 0 Å². The quantitative estimate of drug-likeness (QED) is 0.0264. The summed E-state index contributed by atoms with van der Waals surface area (Å²) in [6, 6.07) is 0. The third-order valence-corrected chi connectivity index (χ3v) is 11.8. The van der Waals surface area contributed by atoms with Crippen molar-refractivity contribution in [3.05, 3.63) is 0 Å². The molecule has 0 aromatic heterocycles. The molecule has 368 valence electrons. The molecule has 0 saturated carbocycles. The second-order valence-electron chi connectivity index (χ2n) is 17.1. The summed E-state index contributed by atoms with van der Waals surface area (Å²) in [7, 11) is -4.77. The van der Waals surface area contributed by atoms with Crippen LogP contribution in [-0.4, -0.2) is 98.6 Å². The van der Waals surface area contributed by atoms with Gasteiger partial charge in [-0.3, -0.25) is 28.5 Å². The van der Waals surface area contributed by atoms with Gasteiger partial charge in [0.1, 0.15) is 18.5 Å². The molecule has 1 aliphatic rings. The summed E-state index contributed by atoms with van der Waals surface area (Å²) < 4.78 is 72.7. The van der Waals surface area contributed by atoms with E-state index >= 15 is 0 Å². The number of carbonyl (C=O) groups excluding carboxylic acids is 5. The first-order chi connectivity index (χ1) is 30.2. The Hall–Kier alpha value is -2.82. The molecular weight excluding hydrogens is 837 g/mol. The minimum atomic E-state index is -4.77. The van der Waals surface area contributed by atoms with E-state index in [1.807, 2.05) is 0 Å². The first-order valence-corrected chi connectivity index (χ1v) is 25.9. The average Bonchev–Trinajstić information content (AvgIpc) is 3.20. The van der Waals surface area contributed by atoms with Crippen molar-refractivity contribution in [1.82, 2.24) is 0 Å². The zero-order valence-electron chi connectivity index (χ0n) is 39.5. The molecular formula is C47H84O15S. The lowest BCUT2D eigenvalue weighted by molar-refractivity contribution is -0.304. The van der Waals surface area contributed by atoms with Crippen LogP contribution in [0.15, 0.2) is 0 Å². The van der Waals surface area contributed by atoms with Crippen LogP contribution in [0.2, 0.25) is 0 Å². The van der Waals surface area contributed by atoms with Gasteiger partial charge in [-0.25, -0.2) is 0 Å². The van der Waals surface area contributed by atoms with Crippen LogP contribution >= 0.6 is 0 Å². The smallest absolute Gasteiger partial charge is 0.306 e. The fourth-order valence-corrected chi connectivity index (χ4v) is 8.41. The molecule has 0 aromatic carbocycles. The molecule has 1 N–H and O–H groups in total. The normalized spacial score (nSPS) is 19.2. The van der Waals surface area contributed by atoms with Crippen molar-refractivity contribution in [3.63, 3.8) is 0 Å². The zero-order valence-corrected chi connectivity index (χ0v) is 40.3. The summed E-state index contributed by atoms with van der Waals surface area (Å²) in [5.74, 6) is -4.79. The molecule has 63 heavy (non-hydrogen) atoms. The van der Waals surface area contributed by atoms with E-state index in [4.69, 9.17) is 33.2 Å². The number of hydrogen-bond acceptors (Lipinski definition) is 14. The van der Waals surface area contributed by atoms with Crippen LogP contribution in [-0.2, 0) is 67.2 Å². The molecule has 0 radical (unpaired) electrons. The number of esters is 5. The van der Waals surface area contributed by atoms with Crippen LogP contribution in [0.25, 0.3) is 0 Å². The summed E-state index contributed by atoms with van der Waals surface area (Å²) in [6.45, 7) is 6.72. The molecule has 15 nitrogen and oxygen atoms in total. The highest BCUT2D eigenvalue weighted by atomic mass is 32.2. The topological polar surface area (TPSA) is 204 Å². The van der Waals surface area contributed by atoms with Gasteiger partial charge in [0.25, 0.3) is 10.1 Å². The molecule has 6 unspecified atom stereocenters. The lowest BCUT2D eigenvalue weighted by atomic mass is 9.98. The molecule has 0 aliphatic carbocycles. The Labute approximate surface area is 379 Å². The number of ether oxygens (including phenoxy) is 7. The van der Waals surface area contributed by atoms with Crippen molar-refractivity contribution < 1.29 is 70.1 Å². The number of carbonyl (C=O) groups is 5. The van der Waals surface area contributed by atoms with Crippen molar-refractivity contribution in [3.8, 4) is 0 Å². The maximum Gasteiger partial charge on any atom is 0.306 e. The highest BCUT2D eigenvalue weighted by Crippen LogP contribution is 2.31. The maximum absolute atomic E-state index is 13.1. The molecule has 1 fully saturated rings. The van der Waals surface area contributed by atoms with E-state index in [2.05, 4.69) is 13.8 Å². The van der Waals surface area contributed by atoms with Crippen molar-refractivity contribution in [2.45, 2.75) is 251 Å². The van der Waals surface area contributed by atoms with Crippen LogP contribution in [0, 0.1) is 0 Å². The van der Waals surface area contributed by atoms with Crippen LogP contribution in [0.5, 0.6) is 0 Å². The van der Waals surface area contributed by atoms with Gasteiger partial charge in [-0.15, -0.1) is 0 Å². The molecule has 1 aliphatic heterocycles. The van der Waals surface area contributed by atoms with E-state index in [0.717, 1.165) is 65.7 Å². The Balaban J connectivity index is 2.87. The lowest BCUT2D eigenvalue weighted by Crippen LogP contribution is -2.63. The second-order valence-corrected chi connectivity index (χ2v) is 18.6. The zero-order chi connectivity index (χ0) is 46.7. The SMILES string of the molecule is CCCCCCCCCCCCCCCC(=O)OCC(COC1OC(CS(=O)(=O)O)C(OC(C)=O)C(OC(C)=O)C1OC(C)=O)OC(=O)CCCCCCCCCCCCCCC. The molecule has 0 spiro atoms. The summed E-state index contributed by atoms with van der Waals surface area (Å²) >= 11 is 0. The van der Waals surface area contributed by atoms with Gasteiger partial charge in [0.05, 0.1) is 6.61 Å². The standard InChI is InChI=1S/C47H84O15S/c1-6-8-10-12-14-16-18-20-22-24-26-28-30-32-42(51)56-34-40(61-43(52)33-31-29-27-25-23-21-19-17-15-13-11-9-7-2)35-57-47-46(60-39(5)50)45(59-38(4)49)44(58-37(3)48)41(62-47)36-63(53,54)55/h40-41,44-47H,6-36H2,1-5H3,(H,53,54,55). The van der Waals surface area contributed by atoms with Crippen LogP contribution in [0.3, 0.4) is 0 Å². The first kappa shape index (κ1) is 58.2. The van der Waals surface area contributed by atoms with Gasteiger partial charge in [-0.2, -0.15) is 8.42 Å². The highest BCUT2D eigenvalue weighted by molar-refractivity contribution is 7.85. The van der Waals surface area contributed by atoms with Crippen molar-refractivity contribution in [1.29, 1.82) is 0 Å². The van der Waals surface area contributed by atoms with Gasteiger partial charge in [0.15, 0.2) is 30.7 Å². The molecule has 0 aromatic rings. The number of rotatable bonds is 39. The van der Waals surface area contributed by atoms with Crippen LogP contribution in [0.4, 0.5) is 0 Å². The Morgan fingerprint density at radius 1 is 0.508 bits per heavy atom. The van der Waals surface area contributed by atoms with E-state index in [0.29, 0.717) is 12.8 Å². The summed E-state index contributed by atoms with van der Waals surface area (Å²) in [4.78, 5) is 62.4. The fourth-order valence-electron chi connectivity index (χ4n) is 7.73. The van der Waals surface area contributed by atoms with Gasteiger partial charge >= 0.3 is 29.8 Å². The van der Waals surface area contributed by atoms with Gasteiger partial charge < -0.3 is 33.2 Å². The molecule has 1 saturated heterocycles.